The molecule has 5 rings (SSSR count). The average molecular weight is 601 g/mol. The molecule has 0 N–H and O–H groups in total. The molecule has 0 aliphatic heterocycles. The van der Waals surface area contributed by atoms with Gasteiger partial charge in [0.1, 0.15) is 0 Å². The van der Waals surface area contributed by atoms with Crippen molar-refractivity contribution >= 4 is 0 Å². The summed E-state index contributed by atoms with van der Waals surface area (Å²) in [6.07, 6.45) is 4.26. The highest BCUT2D eigenvalue weighted by atomic mass is 16.5. The lowest BCUT2D eigenvalue weighted by atomic mass is 9.68. The predicted molar refractivity (Wildman–Crippen MR) is 175 cm³/mol. The van der Waals surface area contributed by atoms with Crippen LogP contribution in [0.25, 0.3) is 0 Å². The Labute approximate surface area is 263 Å². The van der Waals surface area contributed by atoms with Gasteiger partial charge < -0.3 is 18.9 Å². The van der Waals surface area contributed by atoms with Crippen molar-refractivity contribution < 1.29 is 18.9 Å². The van der Waals surface area contributed by atoms with Crippen LogP contribution in [0.5, 0.6) is 23.8 Å². The molecule has 0 radical (unpaired) electrons. The van der Waals surface area contributed by atoms with Crippen molar-refractivity contribution in [1.29, 1.82) is 0 Å². The highest BCUT2D eigenvalue weighted by Crippen LogP contribution is 2.49. The third-order valence-corrected chi connectivity index (χ3v) is 6.25. The third-order valence-electron chi connectivity index (χ3n) is 6.25. The van der Waals surface area contributed by atoms with E-state index >= 15 is 0 Å². The van der Waals surface area contributed by atoms with Crippen molar-refractivity contribution in [3.63, 3.8) is 0 Å². The van der Waals surface area contributed by atoms with Crippen molar-refractivity contribution in [3.05, 3.63) is 96.3 Å². The summed E-state index contributed by atoms with van der Waals surface area (Å²) in [6, 6.07) is 27.1. The number of hydrogen-bond donors (Lipinski definition) is 0. The van der Waals surface area contributed by atoms with Crippen LogP contribution in [0, 0.1) is 0 Å². The van der Waals surface area contributed by atoms with Gasteiger partial charge in [-0.2, -0.15) is 15.0 Å². The summed E-state index contributed by atoms with van der Waals surface area (Å²) < 4.78 is 22.3. The van der Waals surface area contributed by atoms with Gasteiger partial charge in [-0.3, -0.25) is 0 Å². The van der Waals surface area contributed by atoms with Crippen LogP contribution >= 0.6 is 0 Å². The zero-order valence-corrected chi connectivity index (χ0v) is 27.4. The molecule has 1 aliphatic rings. The van der Waals surface area contributed by atoms with Gasteiger partial charge in [0.2, 0.25) is 11.8 Å². The number of ether oxygens (including phenoxy) is 4. The van der Waals surface area contributed by atoms with E-state index in [-0.39, 0.29) is 24.4 Å². The molecule has 0 bridgehead atoms. The number of aromatic nitrogens is 4. The number of rotatable bonds is 10. The fraction of sp³-hybridized carbons (Fsp3) is 0.444. The summed E-state index contributed by atoms with van der Waals surface area (Å²) >= 11 is 0. The van der Waals surface area contributed by atoms with Crippen molar-refractivity contribution in [2.75, 3.05) is 0 Å². The van der Waals surface area contributed by atoms with Crippen LogP contribution in [0.4, 0.5) is 0 Å². The van der Waals surface area contributed by atoms with Crippen LogP contribution < -0.4 is 18.9 Å². The van der Waals surface area contributed by atoms with Crippen LogP contribution in [-0.2, 0) is 0 Å². The SMILES string of the molecule is CC(C)Oc1cc([C@H]2CC[C@H]2c2ccccc2)nc(OC(C)C)n1.CC(C)Oc1ccnc(OC(C)C)n1.c1ccccc1. The molecular formula is C36H48N4O4. The van der Waals surface area contributed by atoms with Gasteiger partial charge in [-0.05, 0) is 79.7 Å². The average Bonchev–Trinajstić information content (AvgIpc) is 2.93. The minimum atomic E-state index is 0.0402. The van der Waals surface area contributed by atoms with E-state index in [2.05, 4.69) is 50.3 Å². The maximum atomic E-state index is 5.81. The van der Waals surface area contributed by atoms with Crippen LogP contribution in [0.15, 0.2) is 85.1 Å². The minimum absolute atomic E-state index is 0.0402. The molecule has 0 amide bonds. The molecule has 0 unspecified atom stereocenters. The molecule has 2 aromatic carbocycles. The molecule has 2 heterocycles. The summed E-state index contributed by atoms with van der Waals surface area (Å²) in [6.45, 7) is 15.7. The molecule has 8 heteroatoms. The Hall–Kier alpha value is -4.20. The van der Waals surface area contributed by atoms with Gasteiger partial charge in [0, 0.05) is 24.2 Å². The first kappa shape index (κ1) is 34.3. The molecule has 4 aromatic rings. The monoisotopic (exact) mass is 600 g/mol. The quantitative estimate of drug-likeness (QED) is 0.179. The minimum Gasteiger partial charge on any atom is -0.475 e. The van der Waals surface area contributed by atoms with Crippen molar-refractivity contribution in [3.8, 4) is 23.8 Å². The third kappa shape index (κ3) is 12.2. The Balaban J connectivity index is 0.000000221. The first-order valence-corrected chi connectivity index (χ1v) is 15.5. The van der Waals surface area contributed by atoms with E-state index in [1.165, 1.54) is 12.0 Å². The molecule has 1 aliphatic carbocycles. The number of benzene rings is 2. The topological polar surface area (TPSA) is 88.5 Å². The molecule has 1 fully saturated rings. The van der Waals surface area contributed by atoms with Crippen molar-refractivity contribution in [2.45, 2.75) is 104 Å². The van der Waals surface area contributed by atoms with Gasteiger partial charge in [0.05, 0.1) is 30.1 Å². The second-order valence-corrected chi connectivity index (χ2v) is 11.6. The maximum absolute atomic E-state index is 5.81. The van der Waals surface area contributed by atoms with Gasteiger partial charge in [0.25, 0.3) is 0 Å². The normalized spacial score (nSPS) is 15.5. The Morgan fingerprint density at radius 2 is 1.00 bits per heavy atom. The lowest BCUT2D eigenvalue weighted by Gasteiger charge is -2.36. The largest absolute Gasteiger partial charge is 0.475 e. The molecular weight excluding hydrogens is 552 g/mol. The lowest BCUT2D eigenvalue weighted by Crippen LogP contribution is -2.23. The number of hydrogen-bond acceptors (Lipinski definition) is 8. The second-order valence-electron chi connectivity index (χ2n) is 11.6. The molecule has 2 atom stereocenters. The van der Waals surface area contributed by atoms with E-state index in [0.717, 1.165) is 12.1 Å². The van der Waals surface area contributed by atoms with Gasteiger partial charge in [-0.15, -0.1) is 0 Å². The predicted octanol–water partition coefficient (Wildman–Crippen LogP) is 8.45. The summed E-state index contributed by atoms with van der Waals surface area (Å²) in [5.41, 5.74) is 2.40. The van der Waals surface area contributed by atoms with Gasteiger partial charge in [-0.1, -0.05) is 66.7 Å². The second kappa shape index (κ2) is 17.8. The van der Waals surface area contributed by atoms with E-state index in [9.17, 15) is 0 Å². The van der Waals surface area contributed by atoms with E-state index < -0.39 is 0 Å². The Kier molecular flexibility index (Phi) is 13.9. The summed E-state index contributed by atoms with van der Waals surface area (Å²) in [7, 11) is 0. The Morgan fingerprint density at radius 1 is 0.523 bits per heavy atom. The summed E-state index contributed by atoms with van der Waals surface area (Å²) in [5.74, 6) is 2.06. The molecule has 8 nitrogen and oxygen atoms in total. The molecule has 1 saturated carbocycles. The van der Waals surface area contributed by atoms with E-state index in [1.807, 2.05) is 97.9 Å². The van der Waals surface area contributed by atoms with Crippen molar-refractivity contribution in [1.82, 2.24) is 19.9 Å². The van der Waals surface area contributed by atoms with E-state index in [4.69, 9.17) is 18.9 Å². The molecule has 2 aromatic heterocycles. The Morgan fingerprint density at radius 3 is 1.52 bits per heavy atom. The van der Waals surface area contributed by atoms with E-state index in [1.54, 1.807) is 12.3 Å². The fourth-order valence-electron chi connectivity index (χ4n) is 4.41. The van der Waals surface area contributed by atoms with Gasteiger partial charge in [-0.25, -0.2) is 4.98 Å². The number of nitrogens with zero attached hydrogens (tertiary/aromatic N) is 4. The zero-order valence-electron chi connectivity index (χ0n) is 27.4. The Bertz CT molecular complexity index is 1270. The standard InChI is InChI=1S/C20H26N2O2.C10H16N2O2.C6H6/c1-13(2)23-19-12-18(21-20(22-19)24-14(3)4)17-11-10-16(17)15-8-6-5-7-9-15;1-7(2)13-9-5-6-11-10(12-9)14-8(3)4;1-2-4-6-5-3-1/h5-9,12-14,16-17H,10-11H2,1-4H3;5-8H,1-4H3;1-6H/t16-,17-;;/m0../s1. The zero-order chi connectivity index (χ0) is 31.9. The maximum Gasteiger partial charge on any atom is 0.320 e. The van der Waals surface area contributed by atoms with Crippen molar-refractivity contribution in [2.24, 2.45) is 0 Å². The highest BCUT2D eigenvalue weighted by molar-refractivity contribution is 5.31. The van der Waals surface area contributed by atoms with Gasteiger partial charge >= 0.3 is 12.0 Å². The summed E-state index contributed by atoms with van der Waals surface area (Å²) in [4.78, 5) is 17.1. The molecule has 236 valence electrons. The van der Waals surface area contributed by atoms with Gasteiger partial charge in [0.15, 0.2) is 0 Å². The lowest BCUT2D eigenvalue weighted by molar-refractivity contribution is 0.200. The van der Waals surface area contributed by atoms with Crippen LogP contribution in [0.1, 0.15) is 91.3 Å². The molecule has 0 saturated heterocycles. The first-order valence-electron chi connectivity index (χ1n) is 15.5. The molecule has 0 spiro atoms. The van der Waals surface area contributed by atoms with E-state index in [0.29, 0.717) is 35.6 Å². The van der Waals surface area contributed by atoms with Crippen LogP contribution in [-0.4, -0.2) is 44.4 Å². The smallest absolute Gasteiger partial charge is 0.320 e. The first-order chi connectivity index (χ1) is 21.1. The highest BCUT2D eigenvalue weighted by Gasteiger charge is 2.35. The summed E-state index contributed by atoms with van der Waals surface area (Å²) in [5, 5.41) is 0. The van der Waals surface area contributed by atoms with Crippen LogP contribution in [0.2, 0.25) is 0 Å². The van der Waals surface area contributed by atoms with Crippen LogP contribution in [0.3, 0.4) is 0 Å². The molecule has 44 heavy (non-hydrogen) atoms. The fourth-order valence-corrected chi connectivity index (χ4v) is 4.41.